The van der Waals surface area contributed by atoms with Crippen molar-refractivity contribution in [2.24, 2.45) is 0 Å². The summed E-state index contributed by atoms with van der Waals surface area (Å²) in [5.41, 5.74) is -5.51. The predicted octanol–water partition coefficient (Wildman–Crippen LogP) is 8.24. The molecule has 0 N–H and O–H groups in total. The molecule has 1 rings (SSSR count). The number of halogens is 2. The van der Waals surface area contributed by atoms with Crippen molar-refractivity contribution < 1.29 is 40.6 Å². The number of nitrogens with zero attached hydrogens (tertiary/aromatic N) is 2. The summed E-state index contributed by atoms with van der Waals surface area (Å²) in [7, 11) is -5.15. The van der Waals surface area contributed by atoms with Crippen molar-refractivity contribution >= 4 is 39.2 Å². The third-order valence-corrected chi connectivity index (χ3v) is 18.4. The molecule has 0 aromatic rings. The summed E-state index contributed by atoms with van der Waals surface area (Å²) < 4.78 is 91.6. The molecule has 1 saturated heterocycles. The van der Waals surface area contributed by atoms with Crippen LogP contribution in [0, 0.1) is 11.3 Å². The Morgan fingerprint density at radius 1 is 1.14 bits per heavy atom. The van der Waals surface area contributed by atoms with Gasteiger partial charge in [0.05, 0.1) is 38.2 Å². The van der Waals surface area contributed by atoms with Gasteiger partial charge in [0.1, 0.15) is 26.7 Å². The van der Waals surface area contributed by atoms with E-state index in [1.165, 1.54) is 6.66 Å². The molecule has 0 aliphatic carbocycles. The van der Waals surface area contributed by atoms with Crippen LogP contribution in [0.25, 0.3) is 0 Å². The van der Waals surface area contributed by atoms with E-state index in [4.69, 9.17) is 30.6 Å². The molecule has 16 heteroatoms. The molecular weight excluding hydrogens is 646 g/mol. The zero-order valence-electron chi connectivity index (χ0n) is 29.1. The highest BCUT2D eigenvalue weighted by atomic mass is 31.2. The van der Waals surface area contributed by atoms with Gasteiger partial charge in [0.25, 0.3) is 14.2 Å². The minimum atomic E-state index is -4.00. The van der Waals surface area contributed by atoms with Crippen molar-refractivity contribution in [2.75, 3.05) is 39.4 Å². The lowest BCUT2D eigenvalue weighted by molar-refractivity contribution is -0.108. The molecule has 0 aromatic heterocycles. The lowest BCUT2D eigenvalue weighted by atomic mass is 9.86. The standard InChI is InChI=1S/C28H56BF2N2O7P3Si/c1-14-37-43(11,35)19-16-27(20-28(30,31)42(9,10)34)24(23(25(29)38-27)40-44(12,13)26(6,7)8)39-41(36-18-15-17-32)33(21(2)3)22(4)5/h21-25H,14-16,18-20H2,1-13H3/t23-,24?,25+,27+,41?,43?/m0/s1. The van der Waals surface area contributed by atoms with Crippen molar-refractivity contribution in [1.29, 1.82) is 5.26 Å². The van der Waals surface area contributed by atoms with Gasteiger partial charge in [-0.1, -0.05) is 20.8 Å². The van der Waals surface area contributed by atoms with Crippen LogP contribution in [0.15, 0.2) is 0 Å². The van der Waals surface area contributed by atoms with E-state index >= 15 is 8.78 Å². The number of ether oxygens (including phenoxy) is 1. The Balaban J connectivity index is 3.96. The summed E-state index contributed by atoms with van der Waals surface area (Å²) in [4.78, 5) is 0. The lowest BCUT2D eigenvalue weighted by Gasteiger charge is -2.45. The molecule has 1 aliphatic heterocycles. The molecule has 1 fully saturated rings. The first kappa shape index (κ1) is 42.3. The van der Waals surface area contributed by atoms with Crippen LogP contribution in [-0.4, -0.2) is 102 Å². The van der Waals surface area contributed by atoms with Gasteiger partial charge in [0.15, 0.2) is 15.7 Å². The second-order valence-corrected chi connectivity index (χ2v) is 26.4. The average molecular weight is 703 g/mol. The van der Waals surface area contributed by atoms with Crippen LogP contribution >= 0.6 is 23.0 Å². The van der Waals surface area contributed by atoms with Gasteiger partial charge < -0.3 is 27.3 Å². The van der Waals surface area contributed by atoms with Gasteiger partial charge in [-0.3, -0.25) is 4.57 Å². The second kappa shape index (κ2) is 16.1. The topological polar surface area (TPSA) is 107 Å². The smallest absolute Gasteiger partial charge is 0.300 e. The maximum atomic E-state index is 15.9. The highest BCUT2D eigenvalue weighted by Gasteiger charge is 2.63. The van der Waals surface area contributed by atoms with Crippen molar-refractivity contribution in [3.05, 3.63) is 0 Å². The molecule has 0 amide bonds. The van der Waals surface area contributed by atoms with Crippen LogP contribution in [0.1, 0.15) is 74.7 Å². The largest absolute Gasteiger partial charge is 0.409 e. The van der Waals surface area contributed by atoms with E-state index < -0.39 is 67.3 Å². The Hall–Kier alpha value is 0.282. The highest BCUT2D eigenvalue weighted by molar-refractivity contribution is 7.63. The lowest BCUT2D eigenvalue weighted by Crippen LogP contribution is -2.53. The van der Waals surface area contributed by atoms with E-state index in [1.807, 2.05) is 45.5 Å². The Morgan fingerprint density at radius 3 is 2.11 bits per heavy atom. The van der Waals surface area contributed by atoms with Crippen LogP contribution < -0.4 is 0 Å². The number of rotatable bonds is 18. The van der Waals surface area contributed by atoms with Gasteiger partial charge in [0, 0.05) is 30.9 Å². The Kier molecular flexibility index (Phi) is 15.5. The normalized spacial score (nSPS) is 25.9. The number of nitriles is 1. The molecule has 1 heterocycles. The van der Waals surface area contributed by atoms with E-state index in [9.17, 15) is 14.4 Å². The summed E-state index contributed by atoms with van der Waals surface area (Å²) in [6.07, 6.45) is -3.36. The van der Waals surface area contributed by atoms with E-state index in [0.29, 0.717) is 0 Å². The fourth-order valence-electron chi connectivity index (χ4n) is 4.78. The van der Waals surface area contributed by atoms with Crippen molar-refractivity contribution in [3.8, 4) is 6.07 Å². The SMILES string of the molecule is [B][C@@H]1O[C@](CCP(C)(=O)OCC)(CC(F)(F)P(C)(C)=O)C(OP(OCCC#N)N(C(C)C)C(C)C)[C@@H]1O[Si](C)(C)C(C)(C)C. The van der Waals surface area contributed by atoms with E-state index in [-0.39, 0.29) is 49.3 Å². The first-order chi connectivity index (χ1) is 19.8. The zero-order chi connectivity index (χ0) is 34.5. The van der Waals surface area contributed by atoms with E-state index in [0.717, 1.165) is 13.3 Å². The highest BCUT2D eigenvalue weighted by Crippen LogP contribution is 2.62. The van der Waals surface area contributed by atoms with E-state index in [2.05, 4.69) is 26.8 Å². The Morgan fingerprint density at radius 2 is 1.68 bits per heavy atom. The monoisotopic (exact) mass is 702 g/mol. The van der Waals surface area contributed by atoms with Crippen LogP contribution in [0.4, 0.5) is 8.78 Å². The van der Waals surface area contributed by atoms with Crippen molar-refractivity contribution in [3.63, 3.8) is 0 Å². The molecule has 44 heavy (non-hydrogen) atoms. The molecule has 0 bridgehead atoms. The maximum Gasteiger partial charge on any atom is 0.300 e. The molecule has 1 aliphatic rings. The Labute approximate surface area is 269 Å². The first-order valence-corrected chi connectivity index (χ1v) is 24.2. The first-order valence-electron chi connectivity index (χ1n) is 15.3. The average Bonchev–Trinajstić information content (AvgIpc) is 3.05. The molecular formula is C28H56BF2N2O7P3Si. The van der Waals surface area contributed by atoms with Crippen LogP contribution in [-0.2, 0) is 31.9 Å². The minimum Gasteiger partial charge on any atom is -0.409 e. The summed E-state index contributed by atoms with van der Waals surface area (Å²) in [6.45, 7) is 23.5. The van der Waals surface area contributed by atoms with Crippen molar-refractivity contribution in [2.45, 2.75) is 134 Å². The third kappa shape index (κ3) is 11.2. The fourth-order valence-corrected chi connectivity index (χ4v) is 9.99. The minimum absolute atomic E-state index is 0.0579. The zero-order valence-corrected chi connectivity index (χ0v) is 32.7. The van der Waals surface area contributed by atoms with Gasteiger partial charge in [-0.15, -0.1) is 0 Å². The van der Waals surface area contributed by atoms with Gasteiger partial charge in [0.2, 0.25) is 0 Å². The van der Waals surface area contributed by atoms with Crippen LogP contribution in [0.2, 0.25) is 18.1 Å². The molecule has 256 valence electrons. The van der Waals surface area contributed by atoms with E-state index in [1.54, 1.807) is 6.92 Å². The van der Waals surface area contributed by atoms with Gasteiger partial charge in [-0.05, 0) is 72.5 Å². The summed E-state index contributed by atoms with van der Waals surface area (Å²) >= 11 is 0. The number of hydrogen-bond acceptors (Lipinski definition) is 9. The molecule has 2 radical (unpaired) electrons. The van der Waals surface area contributed by atoms with Gasteiger partial charge in [-0.25, -0.2) is 4.67 Å². The summed E-state index contributed by atoms with van der Waals surface area (Å²) in [5, 5.41) is 8.94. The summed E-state index contributed by atoms with van der Waals surface area (Å²) in [5.74, 6) is 0. The molecule has 6 atom stereocenters. The van der Waals surface area contributed by atoms with Crippen LogP contribution in [0.5, 0.6) is 0 Å². The predicted molar refractivity (Wildman–Crippen MR) is 179 cm³/mol. The fraction of sp³-hybridized carbons (Fsp3) is 0.964. The van der Waals surface area contributed by atoms with Crippen molar-refractivity contribution in [1.82, 2.24) is 4.67 Å². The number of hydrogen-bond donors (Lipinski definition) is 0. The maximum absolute atomic E-state index is 15.9. The molecule has 9 nitrogen and oxygen atoms in total. The summed E-state index contributed by atoms with van der Waals surface area (Å²) in [6, 6.07) is 0.738. The molecule has 3 unspecified atom stereocenters. The quantitative estimate of drug-likeness (QED) is 0.0793. The second-order valence-electron chi connectivity index (χ2n) is 14.2. The number of alkyl halides is 2. The molecule has 0 saturated carbocycles. The third-order valence-electron chi connectivity index (χ3n) is 8.26. The van der Waals surface area contributed by atoms with Gasteiger partial charge >= 0.3 is 0 Å². The van der Waals surface area contributed by atoms with Gasteiger partial charge in [-0.2, -0.15) is 14.0 Å². The molecule has 0 spiro atoms. The molecule has 0 aromatic carbocycles. The Bertz CT molecular complexity index is 1060. The van der Waals surface area contributed by atoms with Crippen LogP contribution in [0.3, 0.4) is 0 Å².